The first-order valence-corrected chi connectivity index (χ1v) is 9.38. The molecular weight excluding hydrogens is 340 g/mol. The Morgan fingerprint density at radius 2 is 1.46 bits per heavy atom. The Hall–Kier alpha value is -2.78. The minimum atomic E-state index is 0.876. The summed E-state index contributed by atoms with van der Waals surface area (Å²) in [6, 6.07) is 25.3. The van der Waals surface area contributed by atoms with E-state index in [9.17, 15) is 0 Å². The van der Waals surface area contributed by atoms with E-state index in [1.165, 1.54) is 31.7 Å². The van der Waals surface area contributed by atoms with Crippen molar-refractivity contribution in [1.82, 2.24) is 0 Å². The second kappa shape index (κ2) is 7.22. The summed E-state index contributed by atoms with van der Waals surface area (Å²) in [6.45, 7) is 0. The minimum Gasteiger partial charge on any atom is -0.497 e. The molecule has 0 atom stereocenters. The topological polar surface area (TPSA) is 18.5 Å². The van der Waals surface area contributed by atoms with Crippen LogP contribution in [0, 0.1) is 0 Å². The third-order valence-corrected chi connectivity index (χ3v) is 5.82. The van der Waals surface area contributed by atoms with Crippen LogP contribution in [0.4, 0.5) is 0 Å². The van der Waals surface area contributed by atoms with Gasteiger partial charge in [0.25, 0.3) is 0 Å². The van der Waals surface area contributed by atoms with Gasteiger partial charge in [-0.05, 0) is 71.0 Å². The first-order chi connectivity index (χ1) is 12.8. The molecule has 0 bridgehead atoms. The van der Waals surface area contributed by atoms with E-state index >= 15 is 0 Å². The standard InChI is InChI=1S/C23H20O2S/c1-24-18-10-8-17(9-11-18)23-21(14-16-6-4-3-5-7-16)20-13-12-19(25-2)15-22(20)26-23/h3-13,15H,14H2,1-2H3. The van der Waals surface area contributed by atoms with Gasteiger partial charge in [-0.2, -0.15) is 0 Å². The molecule has 0 fully saturated rings. The number of hydrogen-bond donors (Lipinski definition) is 0. The lowest BCUT2D eigenvalue weighted by Crippen LogP contribution is -1.90. The summed E-state index contributed by atoms with van der Waals surface area (Å²) in [5.41, 5.74) is 3.90. The average Bonchev–Trinajstić information content (AvgIpc) is 3.06. The summed E-state index contributed by atoms with van der Waals surface area (Å²) in [4.78, 5) is 1.31. The molecule has 0 radical (unpaired) electrons. The fraction of sp³-hybridized carbons (Fsp3) is 0.130. The lowest BCUT2D eigenvalue weighted by Gasteiger charge is -2.07. The van der Waals surface area contributed by atoms with E-state index < -0.39 is 0 Å². The number of fused-ring (bicyclic) bond motifs is 1. The van der Waals surface area contributed by atoms with Gasteiger partial charge in [0, 0.05) is 9.58 Å². The van der Waals surface area contributed by atoms with Gasteiger partial charge in [-0.15, -0.1) is 11.3 Å². The van der Waals surface area contributed by atoms with Crippen molar-refractivity contribution in [1.29, 1.82) is 0 Å². The Kier molecular flexibility index (Phi) is 4.63. The third-order valence-electron chi connectivity index (χ3n) is 4.58. The SMILES string of the molecule is COc1ccc(-c2sc3cc(OC)ccc3c2Cc2ccccc2)cc1. The van der Waals surface area contributed by atoms with E-state index in [2.05, 4.69) is 54.6 Å². The summed E-state index contributed by atoms with van der Waals surface area (Å²) < 4.78 is 12.0. The van der Waals surface area contributed by atoms with Crippen molar-refractivity contribution in [3.8, 4) is 21.9 Å². The number of thiophene rings is 1. The van der Waals surface area contributed by atoms with Gasteiger partial charge >= 0.3 is 0 Å². The quantitative estimate of drug-likeness (QED) is 0.423. The molecule has 0 saturated carbocycles. The molecule has 0 aliphatic heterocycles. The molecule has 4 aromatic rings. The van der Waals surface area contributed by atoms with Crippen LogP contribution in [0.15, 0.2) is 72.8 Å². The van der Waals surface area contributed by atoms with E-state index in [0.29, 0.717) is 0 Å². The van der Waals surface area contributed by atoms with Crippen LogP contribution in [-0.2, 0) is 6.42 Å². The molecule has 2 nitrogen and oxygen atoms in total. The Morgan fingerprint density at radius 3 is 2.15 bits per heavy atom. The highest BCUT2D eigenvalue weighted by atomic mass is 32.1. The largest absolute Gasteiger partial charge is 0.497 e. The maximum Gasteiger partial charge on any atom is 0.120 e. The normalized spacial score (nSPS) is 10.8. The average molecular weight is 360 g/mol. The second-order valence-corrected chi connectivity index (χ2v) is 7.21. The molecule has 1 heterocycles. The molecule has 0 spiro atoms. The van der Waals surface area contributed by atoms with E-state index in [1.54, 1.807) is 14.2 Å². The summed E-state index contributed by atoms with van der Waals surface area (Å²) in [5.74, 6) is 1.77. The lowest BCUT2D eigenvalue weighted by atomic mass is 9.99. The van der Waals surface area contributed by atoms with E-state index in [0.717, 1.165) is 17.9 Å². The van der Waals surface area contributed by atoms with Crippen molar-refractivity contribution >= 4 is 21.4 Å². The number of methoxy groups -OCH3 is 2. The van der Waals surface area contributed by atoms with Gasteiger partial charge in [-0.25, -0.2) is 0 Å². The van der Waals surface area contributed by atoms with Gasteiger partial charge in [0.05, 0.1) is 14.2 Å². The van der Waals surface area contributed by atoms with Gasteiger partial charge in [0.1, 0.15) is 11.5 Å². The molecular formula is C23H20O2S. The van der Waals surface area contributed by atoms with Crippen LogP contribution in [0.3, 0.4) is 0 Å². The third kappa shape index (κ3) is 3.18. The summed E-state index contributed by atoms with van der Waals surface area (Å²) in [7, 11) is 3.41. The van der Waals surface area contributed by atoms with Crippen molar-refractivity contribution in [2.75, 3.05) is 14.2 Å². The van der Waals surface area contributed by atoms with Crippen molar-refractivity contribution in [3.05, 3.63) is 83.9 Å². The molecule has 4 rings (SSSR count). The Labute approximate surface area is 157 Å². The fourth-order valence-electron chi connectivity index (χ4n) is 3.21. The zero-order chi connectivity index (χ0) is 17.9. The van der Waals surface area contributed by atoms with E-state index in [1.807, 2.05) is 29.5 Å². The molecule has 3 aromatic carbocycles. The van der Waals surface area contributed by atoms with Crippen LogP contribution < -0.4 is 9.47 Å². The first-order valence-electron chi connectivity index (χ1n) is 8.56. The number of rotatable bonds is 5. The molecule has 0 saturated heterocycles. The summed E-state index contributed by atoms with van der Waals surface area (Å²) in [5, 5.41) is 1.30. The molecule has 130 valence electrons. The van der Waals surface area contributed by atoms with Crippen molar-refractivity contribution in [2.45, 2.75) is 6.42 Å². The molecule has 0 N–H and O–H groups in total. The van der Waals surface area contributed by atoms with E-state index in [-0.39, 0.29) is 0 Å². The molecule has 1 aromatic heterocycles. The van der Waals surface area contributed by atoms with Crippen molar-refractivity contribution in [3.63, 3.8) is 0 Å². The van der Waals surface area contributed by atoms with Crippen LogP contribution in [0.5, 0.6) is 11.5 Å². The molecule has 0 amide bonds. The predicted molar refractivity (Wildman–Crippen MR) is 110 cm³/mol. The maximum absolute atomic E-state index is 5.42. The van der Waals surface area contributed by atoms with Gasteiger partial charge in [-0.3, -0.25) is 0 Å². The maximum atomic E-state index is 5.42. The number of hydrogen-bond acceptors (Lipinski definition) is 3. The molecule has 26 heavy (non-hydrogen) atoms. The zero-order valence-corrected chi connectivity index (χ0v) is 15.7. The summed E-state index contributed by atoms with van der Waals surface area (Å²) >= 11 is 1.82. The highest BCUT2D eigenvalue weighted by molar-refractivity contribution is 7.22. The van der Waals surface area contributed by atoms with Crippen LogP contribution in [-0.4, -0.2) is 14.2 Å². The van der Waals surface area contributed by atoms with E-state index in [4.69, 9.17) is 9.47 Å². The van der Waals surface area contributed by atoms with Crippen molar-refractivity contribution in [2.24, 2.45) is 0 Å². The number of benzene rings is 3. The first kappa shape index (κ1) is 16.7. The number of ether oxygens (including phenoxy) is 2. The lowest BCUT2D eigenvalue weighted by molar-refractivity contribution is 0.415. The molecule has 3 heteroatoms. The predicted octanol–water partition coefficient (Wildman–Crippen LogP) is 6.18. The Balaban J connectivity index is 1.87. The van der Waals surface area contributed by atoms with Crippen LogP contribution >= 0.6 is 11.3 Å². The molecule has 0 unspecified atom stereocenters. The monoisotopic (exact) mass is 360 g/mol. The van der Waals surface area contributed by atoms with Crippen LogP contribution in [0.1, 0.15) is 11.1 Å². The van der Waals surface area contributed by atoms with Crippen molar-refractivity contribution < 1.29 is 9.47 Å². The smallest absolute Gasteiger partial charge is 0.120 e. The van der Waals surface area contributed by atoms with Gasteiger partial charge < -0.3 is 9.47 Å². The highest BCUT2D eigenvalue weighted by Crippen LogP contribution is 2.41. The van der Waals surface area contributed by atoms with Gasteiger partial charge in [0.2, 0.25) is 0 Å². The minimum absolute atomic E-state index is 0.876. The molecule has 0 aliphatic rings. The molecule has 0 aliphatic carbocycles. The van der Waals surface area contributed by atoms with Gasteiger partial charge in [0.15, 0.2) is 0 Å². The summed E-state index contributed by atoms with van der Waals surface area (Å²) in [6.07, 6.45) is 0.911. The van der Waals surface area contributed by atoms with Crippen LogP contribution in [0.2, 0.25) is 0 Å². The fourth-order valence-corrected chi connectivity index (χ4v) is 4.46. The Bertz CT molecular complexity index is 1020. The van der Waals surface area contributed by atoms with Gasteiger partial charge in [-0.1, -0.05) is 30.3 Å². The zero-order valence-electron chi connectivity index (χ0n) is 14.9. The van der Waals surface area contributed by atoms with Crippen LogP contribution in [0.25, 0.3) is 20.5 Å². The second-order valence-electron chi connectivity index (χ2n) is 6.16. The highest BCUT2D eigenvalue weighted by Gasteiger charge is 2.15. The Morgan fingerprint density at radius 1 is 0.769 bits per heavy atom.